The van der Waals surface area contributed by atoms with Crippen molar-refractivity contribution >= 4 is 46.6 Å². The first-order valence-electron chi connectivity index (χ1n) is 8.18. The van der Waals surface area contributed by atoms with Crippen molar-refractivity contribution in [1.29, 1.82) is 0 Å². The first-order chi connectivity index (χ1) is 12.8. The van der Waals surface area contributed by atoms with Crippen LogP contribution in [0.1, 0.15) is 34.1 Å². The minimum Gasteiger partial charge on any atom is -0.326 e. The number of rotatable bonds is 5. The summed E-state index contributed by atoms with van der Waals surface area (Å²) < 4.78 is 0. The summed E-state index contributed by atoms with van der Waals surface area (Å²) in [4.78, 5) is 49.0. The lowest BCUT2D eigenvalue weighted by Gasteiger charge is -2.13. The van der Waals surface area contributed by atoms with E-state index in [0.717, 1.165) is 4.90 Å². The van der Waals surface area contributed by atoms with Crippen molar-refractivity contribution < 1.29 is 19.2 Å². The summed E-state index contributed by atoms with van der Waals surface area (Å²) in [5.41, 5.74) is 1.58. The molecule has 2 aromatic rings. The van der Waals surface area contributed by atoms with Crippen LogP contribution in [0.3, 0.4) is 0 Å². The zero-order valence-electron chi connectivity index (χ0n) is 14.4. The molecule has 138 valence electrons. The monoisotopic (exact) mass is 385 g/mol. The fourth-order valence-corrected chi connectivity index (χ4v) is 2.95. The van der Waals surface area contributed by atoms with Gasteiger partial charge in [0.15, 0.2) is 0 Å². The number of halogens is 1. The average molecular weight is 386 g/mol. The molecule has 2 N–H and O–H groups in total. The number of carbonyl (C=O) groups is 4. The number of benzene rings is 2. The molecule has 0 aromatic heterocycles. The molecule has 1 aliphatic heterocycles. The van der Waals surface area contributed by atoms with E-state index in [0.29, 0.717) is 16.4 Å². The molecule has 0 saturated heterocycles. The van der Waals surface area contributed by atoms with E-state index in [9.17, 15) is 19.2 Å². The highest BCUT2D eigenvalue weighted by Gasteiger charge is 2.35. The van der Waals surface area contributed by atoms with Crippen molar-refractivity contribution in [2.75, 3.05) is 17.2 Å². The number of nitrogens with zero attached hydrogens (tertiary/aromatic N) is 1. The number of hydrogen-bond acceptors (Lipinski definition) is 4. The van der Waals surface area contributed by atoms with Crippen LogP contribution in [-0.4, -0.2) is 35.1 Å². The Balaban J connectivity index is 1.61. The molecule has 8 heteroatoms. The normalized spacial score (nSPS) is 12.7. The fraction of sp³-hybridized carbons (Fsp3) is 0.158. The molecule has 0 saturated carbocycles. The Kier molecular flexibility index (Phi) is 5.23. The Labute approximate surface area is 160 Å². The SMILES string of the molecule is CC(=O)Nc1cccc(NC(=O)CCN2C(=O)c3ccc(Cl)cc3C2=O)c1. The van der Waals surface area contributed by atoms with Crippen molar-refractivity contribution in [3.63, 3.8) is 0 Å². The lowest BCUT2D eigenvalue weighted by Crippen LogP contribution is -2.32. The molecule has 0 aliphatic carbocycles. The van der Waals surface area contributed by atoms with Gasteiger partial charge in [0.1, 0.15) is 0 Å². The molecule has 4 amide bonds. The first kappa shape index (κ1) is 18.6. The van der Waals surface area contributed by atoms with E-state index in [1.807, 2.05) is 0 Å². The van der Waals surface area contributed by atoms with Crippen LogP contribution in [0.2, 0.25) is 5.02 Å². The van der Waals surface area contributed by atoms with Crippen molar-refractivity contribution in [2.24, 2.45) is 0 Å². The van der Waals surface area contributed by atoms with Gasteiger partial charge in [-0.25, -0.2) is 0 Å². The van der Waals surface area contributed by atoms with Gasteiger partial charge < -0.3 is 10.6 Å². The second-order valence-electron chi connectivity index (χ2n) is 6.01. The zero-order valence-corrected chi connectivity index (χ0v) is 15.2. The summed E-state index contributed by atoms with van der Waals surface area (Å²) in [6.45, 7) is 1.35. The molecule has 2 aromatic carbocycles. The molecular weight excluding hydrogens is 370 g/mol. The molecule has 27 heavy (non-hydrogen) atoms. The van der Waals surface area contributed by atoms with Crippen LogP contribution in [-0.2, 0) is 9.59 Å². The molecule has 0 fully saturated rings. The molecule has 0 radical (unpaired) electrons. The van der Waals surface area contributed by atoms with Crippen molar-refractivity contribution in [3.05, 3.63) is 58.6 Å². The zero-order chi connectivity index (χ0) is 19.6. The molecule has 1 aliphatic rings. The minimum absolute atomic E-state index is 0.0405. The van der Waals surface area contributed by atoms with Gasteiger partial charge in [0.25, 0.3) is 11.8 Å². The third kappa shape index (κ3) is 4.15. The number of hydrogen-bond donors (Lipinski definition) is 2. The maximum Gasteiger partial charge on any atom is 0.261 e. The molecule has 0 atom stereocenters. The van der Waals surface area contributed by atoms with Crippen LogP contribution in [0.15, 0.2) is 42.5 Å². The fourth-order valence-electron chi connectivity index (χ4n) is 2.78. The van der Waals surface area contributed by atoms with Crippen LogP contribution >= 0.6 is 11.6 Å². The van der Waals surface area contributed by atoms with Gasteiger partial charge in [-0.15, -0.1) is 0 Å². The quantitative estimate of drug-likeness (QED) is 0.773. The van der Waals surface area contributed by atoms with E-state index >= 15 is 0 Å². The molecule has 3 rings (SSSR count). The van der Waals surface area contributed by atoms with Crippen LogP contribution in [0.25, 0.3) is 0 Å². The standard InChI is InChI=1S/C19H16ClN3O4/c1-11(24)21-13-3-2-4-14(10-13)22-17(25)7-8-23-18(26)15-6-5-12(20)9-16(15)19(23)27/h2-6,9-10H,7-8H2,1H3,(H,21,24)(H,22,25). The van der Waals surface area contributed by atoms with Gasteiger partial charge in [0.05, 0.1) is 11.1 Å². The number of fused-ring (bicyclic) bond motifs is 1. The average Bonchev–Trinajstić information content (AvgIpc) is 2.83. The van der Waals surface area contributed by atoms with Gasteiger partial charge in [-0.05, 0) is 36.4 Å². The van der Waals surface area contributed by atoms with Gasteiger partial charge in [-0.2, -0.15) is 0 Å². The number of imide groups is 1. The van der Waals surface area contributed by atoms with E-state index in [1.54, 1.807) is 30.3 Å². The van der Waals surface area contributed by atoms with Crippen LogP contribution in [0.4, 0.5) is 11.4 Å². The van der Waals surface area contributed by atoms with Gasteiger partial charge in [0.2, 0.25) is 11.8 Å². The highest BCUT2D eigenvalue weighted by atomic mass is 35.5. The summed E-state index contributed by atoms with van der Waals surface area (Å²) in [7, 11) is 0. The predicted octanol–water partition coefficient (Wildman–Crippen LogP) is 2.92. The molecule has 0 unspecified atom stereocenters. The number of nitrogens with one attached hydrogen (secondary N) is 2. The molecule has 1 heterocycles. The van der Waals surface area contributed by atoms with Crippen LogP contribution in [0, 0.1) is 0 Å². The summed E-state index contributed by atoms with van der Waals surface area (Å²) in [5.74, 6) is -1.47. The van der Waals surface area contributed by atoms with E-state index in [-0.39, 0.29) is 35.9 Å². The smallest absolute Gasteiger partial charge is 0.261 e. The summed E-state index contributed by atoms with van der Waals surface area (Å²) >= 11 is 5.87. The van der Waals surface area contributed by atoms with E-state index in [1.165, 1.54) is 19.1 Å². The van der Waals surface area contributed by atoms with Crippen molar-refractivity contribution in [1.82, 2.24) is 4.90 Å². The summed E-state index contributed by atoms with van der Waals surface area (Å²) in [6.07, 6.45) is -0.0520. The maximum atomic E-state index is 12.4. The van der Waals surface area contributed by atoms with Gasteiger partial charge in [-0.1, -0.05) is 17.7 Å². The second kappa shape index (κ2) is 7.59. The number of anilines is 2. The second-order valence-corrected chi connectivity index (χ2v) is 6.45. The van der Waals surface area contributed by atoms with Crippen LogP contribution < -0.4 is 10.6 Å². The lowest BCUT2D eigenvalue weighted by atomic mass is 10.1. The molecule has 0 spiro atoms. The van der Waals surface area contributed by atoms with Crippen molar-refractivity contribution in [2.45, 2.75) is 13.3 Å². The maximum absolute atomic E-state index is 12.4. The molecular formula is C19H16ClN3O4. The summed E-state index contributed by atoms with van der Waals surface area (Å²) in [6, 6.07) is 11.2. The van der Waals surface area contributed by atoms with E-state index in [2.05, 4.69) is 10.6 Å². The highest BCUT2D eigenvalue weighted by Crippen LogP contribution is 2.26. The first-order valence-corrected chi connectivity index (χ1v) is 8.56. The van der Waals surface area contributed by atoms with Gasteiger partial charge in [0, 0.05) is 36.3 Å². The summed E-state index contributed by atoms with van der Waals surface area (Å²) in [5, 5.41) is 5.67. The third-order valence-corrected chi connectivity index (χ3v) is 4.20. The Hall–Kier alpha value is -3.19. The Morgan fingerprint density at radius 1 is 0.963 bits per heavy atom. The van der Waals surface area contributed by atoms with Crippen LogP contribution in [0.5, 0.6) is 0 Å². The molecule has 0 bridgehead atoms. The van der Waals surface area contributed by atoms with E-state index in [4.69, 9.17) is 11.6 Å². The lowest BCUT2D eigenvalue weighted by molar-refractivity contribution is -0.116. The van der Waals surface area contributed by atoms with Gasteiger partial charge >= 0.3 is 0 Å². The van der Waals surface area contributed by atoms with Crippen molar-refractivity contribution in [3.8, 4) is 0 Å². The Bertz CT molecular complexity index is 958. The Morgan fingerprint density at radius 3 is 2.33 bits per heavy atom. The van der Waals surface area contributed by atoms with Gasteiger partial charge in [-0.3, -0.25) is 24.1 Å². The predicted molar refractivity (Wildman–Crippen MR) is 101 cm³/mol. The number of carbonyl (C=O) groups excluding carboxylic acids is 4. The largest absolute Gasteiger partial charge is 0.326 e. The molecule has 7 nitrogen and oxygen atoms in total. The Morgan fingerprint density at radius 2 is 1.63 bits per heavy atom. The number of amides is 4. The highest BCUT2D eigenvalue weighted by molar-refractivity contribution is 6.32. The minimum atomic E-state index is -0.460. The third-order valence-electron chi connectivity index (χ3n) is 3.96. The topological polar surface area (TPSA) is 95.6 Å². The van der Waals surface area contributed by atoms with E-state index < -0.39 is 11.8 Å².